The van der Waals surface area contributed by atoms with Gasteiger partial charge in [0.15, 0.2) is 0 Å². The fourth-order valence-corrected chi connectivity index (χ4v) is 1.08. The summed E-state index contributed by atoms with van der Waals surface area (Å²) in [5.74, 6) is 0.0442. The summed E-state index contributed by atoms with van der Waals surface area (Å²) in [7, 11) is 0. The van der Waals surface area contributed by atoms with Crippen molar-refractivity contribution in [3.05, 3.63) is 47.0 Å². The van der Waals surface area contributed by atoms with Crippen LogP contribution in [0.15, 0.2) is 36.6 Å². The van der Waals surface area contributed by atoms with Gasteiger partial charge in [0.1, 0.15) is 5.76 Å². The van der Waals surface area contributed by atoms with E-state index >= 15 is 0 Å². The van der Waals surface area contributed by atoms with Gasteiger partial charge in [0.05, 0.1) is 0 Å². The smallest absolute Gasteiger partial charge is 0.305 e. The molecule has 0 aromatic heterocycles. The molecule has 0 saturated heterocycles. The van der Waals surface area contributed by atoms with Crippen LogP contribution in [0.2, 0.25) is 0 Å². The third kappa shape index (κ3) is 6.53. The quantitative estimate of drug-likeness (QED) is 0.464. The fourth-order valence-electron chi connectivity index (χ4n) is 1.08. The van der Waals surface area contributed by atoms with Crippen LogP contribution in [0.5, 0.6) is 0 Å². The first-order valence-electron chi connectivity index (χ1n) is 5.80. The summed E-state index contributed by atoms with van der Waals surface area (Å²) in [5, 5.41) is 1.81. The maximum atomic E-state index is 10.5. The minimum atomic E-state index is -0.384. The molecular formula is C15H20O3. The molecule has 0 N–H and O–H groups in total. The molecule has 0 bridgehead atoms. The Kier molecular flexibility index (Phi) is 8.03. The Morgan fingerprint density at radius 3 is 2.44 bits per heavy atom. The van der Waals surface area contributed by atoms with Crippen LogP contribution in [0.1, 0.15) is 20.8 Å². The lowest BCUT2D eigenvalue weighted by atomic mass is 10.2. The van der Waals surface area contributed by atoms with Gasteiger partial charge in [-0.05, 0) is 16.5 Å². The van der Waals surface area contributed by atoms with Crippen molar-refractivity contribution >= 4 is 18.6 Å². The van der Waals surface area contributed by atoms with E-state index in [9.17, 15) is 4.79 Å². The largest absolute Gasteiger partial charge is 0.458 e. The van der Waals surface area contributed by atoms with Gasteiger partial charge in [-0.1, -0.05) is 51.3 Å². The normalized spacial score (nSPS) is 10.1. The molecule has 1 rings (SSSR count). The van der Waals surface area contributed by atoms with Crippen molar-refractivity contribution in [3.8, 4) is 0 Å². The highest BCUT2D eigenvalue weighted by atomic mass is 16.7. The summed E-state index contributed by atoms with van der Waals surface area (Å²) in [6, 6.07) is 7.61. The molecule has 0 saturated carbocycles. The third-order valence-corrected chi connectivity index (χ3v) is 1.88. The molecule has 0 spiro atoms. The van der Waals surface area contributed by atoms with Gasteiger partial charge in [-0.15, -0.1) is 0 Å². The lowest BCUT2D eigenvalue weighted by molar-refractivity contribution is -0.149. The number of ether oxygens (including phenoxy) is 2. The molecular weight excluding hydrogens is 228 g/mol. The van der Waals surface area contributed by atoms with E-state index in [4.69, 9.17) is 4.74 Å². The van der Waals surface area contributed by atoms with E-state index in [0.29, 0.717) is 5.76 Å². The van der Waals surface area contributed by atoms with Gasteiger partial charge in [0.2, 0.25) is 6.79 Å². The first-order chi connectivity index (χ1) is 8.59. The van der Waals surface area contributed by atoms with Crippen molar-refractivity contribution in [3.63, 3.8) is 0 Å². The number of esters is 1. The van der Waals surface area contributed by atoms with E-state index in [2.05, 4.69) is 17.9 Å². The van der Waals surface area contributed by atoms with Crippen LogP contribution < -0.4 is 10.4 Å². The van der Waals surface area contributed by atoms with Gasteiger partial charge in [-0.25, -0.2) is 0 Å². The number of carbonyl (C=O) groups excluding carboxylic acids is 1. The highest BCUT2D eigenvalue weighted by molar-refractivity contribution is 5.65. The van der Waals surface area contributed by atoms with E-state index in [-0.39, 0.29) is 12.8 Å². The van der Waals surface area contributed by atoms with Gasteiger partial charge < -0.3 is 9.47 Å². The van der Waals surface area contributed by atoms with Crippen LogP contribution >= 0.6 is 0 Å². The van der Waals surface area contributed by atoms with Crippen LogP contribution in [-0.4, -0.2) is 12.8 Å². The Morgan fingerprint density at radius 2 is 1.89 bits per heavy atom. The first kappa shape index (κ1) is 16.0. The molecule has 3 heteroatoms. The lowest BCUT2D eigenvalue weighted by Crippen LogP contribution is -2.22. The Labute approximate surface area is 108 Å². The number of hydrogen-bond donors (Lipinski definition) is 0. The van der Waals surface area contributed by atoms with Crippen LogP contribution in [0.3, 0.4) is 0 Å². The second kappa shape index (κ2) is 9.05. The van der Waals surface area contributed by atoms with Gasteiger partial charge >= 0.3 is 5.97 Å². The summed E-state index contributed by atoms with van der Waals surface area (Å²) in [4.78, 5) is 10.5. The Balaban J connectivity index is 0.00000137. The summed E-state index contributed by atoms with van der Waals surface area (Å²) >= 11 is 0. The van der Waals surface area contributed by atoms with Crippen LogP contribution in [0, 0.1) is 0 Å². The summed E-state index contributed by atoms with van der Waals surface area (Å²) < 4.78 is 9.71. The van der Waals surface area contributed by atoms with Gasteiger partial charge in [-0.3, -0.25) is 4.79 Å². The van der Waals surface area contributed by atoms with E-state index in [0.717, 1.165) is 10.4 Å². The molecule has 0 aliphatic rings. The van der Waals surface area contributed by atoms with Crippen molar-refractivity contribution in [2.45, 2.75) is 20.8 Å². The molecule has 0 aliphatic heterocycles. The molecule has 0 atom stereocenters. The van der Waals surface area contributed by atoms with Crippen molar-refractivity contribution in [1.29, 1.82) is 0 Å². The Bertz CT molecular complexity index is 489. The molecule has 1 aromatic rings. The predicted molar refractivity (Wildman–Crippen MR) is 73.9 cm³/mol. The van der Waals surface area contributed by atoms with Gasteiger partial charge in [0.25, 0.3) is 0 Å². The molecule has 98 valence electrons. The van der Waals surface area contributed by atoms with Crippen LogP contribution in [0.4, 0.5) is 0 Å². The van der Waals surface area contributed by atoms with Gasteiger partial charge in [0, 0.05) is 6.92 Å². The summed E-state index contributed by atoms with van der Waals surface area (Å²) in [6.45, 7) is 12.8. The van der Waals surface area contributed by atoms with E-state index in [1.165, 1.54) is 6.92 Å². The number of hydrogen-bond acceptors (Lipinski definition) is 3. The molecule has 3 nitrogen and oxygen atoms in total. The molecule has 0 unspecified atom stereocenters. The Hall–Kier alpha value is -2.03. The molecule has 0 aliphatic carbocycles. The third-order valence-electron chi connectivity index (χ3n) is 1.88. The molecule has 1 aromatic carbocycles. The maximum Gasteiger partial charge on any atom is 0.305 e. The molecule has 0 radical (unpaired) electrons. The molecule has 0 heterocycles. The fraction of sp³-hybridized carbons (Fsp3) is 0.267. The number of rotatable bonds is 4. The monoisotopic (exact) mass is 248 g/mol. The summed E-state index contributed by atoms with van der Waals surface area (Å²) in [5.41, 5.74) is 0. The topological polar surface area (TPSA) is 35.5 Å². The average molecular weight is 248 g/mol. The lowest BCUT2D eigenvalue weighted by Gasteiger charge is -2.04. The van der Waals surface area contributed by atoms with E-state index < -0.39 is 0 Å². The highest BCUT2D eigenvalue weighted by Crippen LogP contribution is 1.94. The van der Waals surface area contributed by atoms with Crippen LogP contribution in [-0.2, 0) is 14.3 Å². The standard InChI is InChI=1S/C13H14O3.C2H6/c1-10-6-4-5-7-13(10)8-11(2)15-9-16-12(3)14;1-2/h4-8H,1-2,9H2,3H3;1-2H3/b13-8-;. The van der Waals surface area contributed by atoms with Crippen molar-refractivity contribution in [2.24, 2.45) is 0 Å². The van der Waals surface area contributed by atoms with Crippen LogP contribution in [0.25, 0.3) is 12.7 Å². The zero-order valence-electron chi connectivity index (χ0n) is 11.2. The number of carbonyl (C=O) groups is 1. The highest BCUT2D eigenvalue weighted by Gasteiger charge is 1.93. The molecule has 0 amide bonds. The summed E-state index contributed by atoms with van der Waals surface area (Å²) in [6.07, 6.45) is 1.74. The number of allylic oxidation sites excluding steroid dienone is 1. The maximum absolute atomic E-state index is 10.5. The first-order valence-corrected chi connectivity index (χ1v) is 5.80. The van der Waals surface area contributed by atoms with Gasteiger partial charge in [-0.2, -0.15) is 0 Å². The number of benzene rings is 1. The molecule has 0 fully saturated rings. The van der Waals surface area contributed by atoms with Crippen molar-refractivity contribution < 1.29 is 14.3 Å². The Morgan fingerprint density at radius 1 is 1.28 bits per heavy atom. The zero-order chi connectivity index (χ0) is 14.0. The second-order valence-corrected chi connectivity index (χ2v) is 3.21. The van der Waals surface area contributed by atoms with E-state index in [1.807, 2.05) is 38.1 Å². The SMILES string of the molecule is C=C(/C=c1/ccccc1=C)OCOC(C)=O.CC. The molecule has 18 heavy (non-hydrogen) atoms. The van der Waals surface area contributed by atoms with E-state index in [1.54, 1.807) is 6.08 Å². The second-order valence-electron chi connectivity index (χ2n) is 3.21. The minimum Gasteiger partial charge on any atom is -0.458 e. The average Bonchev–Trinajstić information content (AvgIpc) is 2.34. The van der Waals surface area contributed by atoms with Crippen molar-refractivity contribution in [1.82, 2.24) is 0 Å². The van der Waals surface area contributed by atoms with Crippen molar-refractivity contribution in [2.75, 3.05) is 6.79 Å². The zero-order valence-corrected chi connectivity index (χ0v) is 11.2. The minimum absolute atomic E-state index is 0.121. The predicted octanol–water partition coefficient (Wildman–Crippen LogP) is 1.95.